The monoisotopic (exact) mass is 300 g/mol. The standard InChI is InChI=1S/C17H20N2O3/c1-22-12-11-18(13-15-5-3-2-4-6-15)14-16-7-9-17(10-8-16)19(20)21/h2-10H,11-14H2,1H3. The minimum Gasteiger partial charge on any atom is -0.383 e. The van der Waals surface area contributed by atoms with Gasteiger partial charge in [-0.3, -0.25) is 15.0 Å². The topological polar surface area (TPSA) is 55.6 Å². The highest BCUT2D eigenvalue weighted by molar-refractivity contribution is 5.32. The second kappa shape index (κ2) is 8.26. The number of nitrogens with zero attached hydrogens (tertiary/aromatic N) is 2. The molecule has 0 saturated heterocycles. The number of nitro groups is 1. The Labute approximate surface area is 130 Å². The maximum Gasteiger partial charge on any atom is 0.269 e. The minimum atomic E-state index is -0.379. The zero-order valence-electron chi connectivity index (χ0n) is 12.6. The van der Waals surface area contributed by atoms with Gasteiger partial charge < -0.3 is 4.74 Å². The Morgan fingerprint density at radius 2 is 1.59 bits per heavy atom. The molecule has 2 aromatic rings. The molecule has 0 aliphatic heterocycles. The quantitative estimate of drug-likeness (QED) is 0.555. The molecule has 0 heterocycles. The van der Waals surface area contributed by atoms with Gasteiger partial charge in [0.15, 0.2) is 0 Å². The Bertz CT molecular complexity index is 585. The maximum absolute atomic E-state index is 10.7. The van der Waals surface area contributed by atoms with Gasteiger partial charge in [0.25, 0.3) is 5.69 Å². The molecule has 2 aromatic carbocycles. The van der Waals surface area contributed by atoms with Gasteiger partial charge in [-0.1, -0.05) is 42.5 Å². The van der Waals surface area contributed by atoms with E-state index < -0.39 is 0 Å². The normalized spacial score (nSPS) is 10.8. The van der Waals surface area contributed by atoms with Crippen molar-refractivity contribution in [1.29, 1.82) is 0 Å². The van der Waals surface area contributed by atoms with E-state index in [4.69, 9.17) is 4.74 Å². The Morgan fingerprint density at radius 3 is 2.14 bits per heavy atom. The van der Waals surface area contributed by atoms with Gasteiger partial charge in [0.05, 0.1) is 11.5 Å². The highest BCUT2D eigenvalue weighted by atomic mass is 16.6. The molecule has 0 N–H and O–H groups in total. The fourth-order valence-corrected chi connectivity index (χ4v) is 2.26. The van der Waals surface area contributed by atoms with E-state index in [-0.39, 0.29) is 10.6 Å². The summed E-state index contributed by atoms with van der Waals surface area (Å²) in [5, 5.41) is 10.7. The average Bonchev–Trinajstić information content (AvgIpc) is 2.54. The van der Waals surface area contributed by atoms with Gasteiger partial charge in [-0.05, 0) is 11.1 Å². The molecule has 0 aromatic heterocycles. The molecule has 22 heavy (non-hydrogen) atoms. The largest absolute Gasteiger partial charge is 0.383 e. The van der Waals surface area contributed by atoms with Crippen LogP contribution in [0.25, 0.3) is 0 Å². The third-order valence-corrected chi connectivity index (χ3v) is 3.41. The van der Waals surface area contributed by atoms with Gasteiger partial charge in [-0.2, -0.15) is 0 Å². The molecule has 0 unspecified atom stereocenters. The van der Waals surface area contributed by atoms with E-state index in [9.17, 15) is 10.1 Å². The summed E-state index contributed by atoms with van der Waals surface area (Å²) >= 11 is 0. The van der Waals surface area contributed by atoms with Crippen molar-refractivity contribution in [1.82, 2.24) is 4.90 Å². The first-order chi connectivity index (χ1) is 10.7. The molecule has 0 fully saturated rings. The predicted molar refractivity (Wildman–Crippen MR) is 85.5 cm³/mol. The Balaban J connectivity index is 2.03. The second-order valence-electron chi connectivity index (χ2n) is 5.11. The average molecular weight is 300 g/mol. The van der Waals surface area contributed by atoms with Gasteiger partial charge >= 0.3 is 0 Å². The van der Waals surface area contributed by atoms with E-state index in [2.05, 4.69) is 17.0 Å². The van der Waals surface area contributed by atoms with Crippen molar-refractivity contribution in [3.05, 3.63) is 75.8 Å². The fraction of sp³-hybridized carbons (Fsp3) is 0.294. The number of hydrogen-bond donors (Lipinski definition) is 0. The highest BCUT2D eigenvalue weighted by Gasteiger charge is 2.09. The van der Waals surface area contributed by atoms with Crippen LogP contribution in [0.1, 0.15) is 11.1 Å². The molecule has 0 amide bonds. The van der Waals surface area contributed by atoms with Crippen LogP contribution >= 0.6 is 0 Å². The molecule has 0 bridgehead atoms. The van der Waals surface area contributed by atoms with Crippen LogP contribution in [0, 0.1) is 10.1 Å². The summed E-state index contributed by atoms with van der Waals surface area (Å²) in [7, 11) is 1.69. The summed E-state index contributed by atoms with van der Waals surface area (Å²) < 4.78 is 5.17. The summed E-state index contributed by atoms with van der Waals surface area (Å²) in [4.78, 5) is 12.6. The summed E-state index contributed by atoms with van der Waals surface area (Å²) in [6.07, 6.45) is 0. The first kappa shape index (κ1) is 16.1. The van der Waals surface area contributed by atoms with Crippen molar-refractivity contribution in [3.63, 3.8) is 0 Å². The lowest BCUT2D eigenvalue weighted by molar-refractivity contribution is -0.384. The van der Waals surface area contributed by atoms with Crippen LogP contribution in [0.4, 0.5) is 5.69 Å². The van der Waals surface area contributed by atoms with Gasteiger partial charge in [0.2, 0.25) is 0 Å². The van der Waals surface area contributed by atoms with Crippen LogP contribution < -0.4 is 0 Å². The molecule has 0 aliphatic carbocycles. The molecule has 2 rings (SSSR count). The summed E-state index contributed by atoms with van der Waals surface area (Å²) in [6, 6.07) is 16.9. The number of non-ortho nitro benzene ring substituents is 1. The van der Waals surface area contributed by atoms with Crippen LogP contribution in [0.2, 0.25) is 0 Å². The molecule has 0 atom stereocenters. The van der Waals surface area contributed by atoms with Crippen LogP contribution in [-0.2, 0) is 17.8 Å². The van der Waals surface area contributed by atoms with E-state index in [1.54, 1.807) is 19.2 Å². The molecule has 0 saturated carbocycles. The van der Waals surface area contributed by atoms with Crippen molar-refractivity contribution < 1.29 is 9.66 Å². The Hall–Kier alpha value is -2.24. The van der Waals surface area contributed by atoms with Gasteiger partial charge in [0.1, 0.15) is 0 Å². The zero-order valence-corrected chi connectivity index (χ0v) is 12.6. The minimum absolute atomic E-state index is 0.121. The van der Waals surface area contributed by atoms with Crippen LogP contribution in [0.3, 0.4) is 0 Å². The molecule has 0 spiro atoms. The number of rotatable bonds is 8. The highest BCUT2D eigenvalue weighted by Crippen LogP contribution is 2.15. The summed E-state index contributed by atoms with van der Waals surface area (Å²) in [5.74, 6) is 0. The molecule has 116 valence electrons. The number of methoxy groups -OCH3 is 1. The lowest BCUT2D eigenvalue weighted by Crippen LogP contribution is -2.26. The van der Waals surface area contributed by atoms with E-state index in [1.807, 2.05) is 30.3 Å². The predicted octanol–water partition coefficient (Wildman–Crippen LogP) is 3.24. The van der Waals surface area contributed by atoms with Crippen LogP contribution in [0.5, 0.6) is 0 Å². The zero-order chi connectivity index (χ0) is 15.8. The lowest BCUT2D eigenvalue weighted by Gasteiger charge is -2.22. The summed E-state index contributed by atoms with van der Waals surface area (Å²) in [5.41, 5.74) is 2.41. The molecule has 0 aliphatic rings. The van der Waals surface area contributed by atoms with Crippen molar-refractivity contribution in [2.45, 2.75) is 13.1 Å². The van der Waals surface area contributed by atoms with Crippen molar-refractivity contribution in [2.24, 2.45) is 0 Å². The van der Waals surface area contributed by atoms with E-state index >= 15 is 0 Å². The molecular weight excluding hydrogens is 280 g/mol. The van der Waals surface area contributed by atoms with Gasteiger partial charge in [0, 0.05) is 38.9 Å². The first-order valence-electron chi connectivity index (χ1n) is 7.17. The Morgan fingerprint density at radius 1 is 1.00 bits per heavy atom. The third-order valence-electron chi connectivity index (χ3n) is 3.41. The van der Waals surface area contributed by atoms with Crippen LogP contribution in [-0.4, -0.2) is 30.1 Å². The second-order valence-corrected chi connectivity index (χ2v) is 5.11. The molecule has 5 nitrogen and oxygen atoms in total. The van der Waals surface area contributed by atoms with Crippen molar-refractivity contribution in [3.8, 4) is 0 Å². The third kappa shape index (κ3) is 4.95. The maximum atomic E-state index is 10.7. The first-order valence-corrected chi connectivity index (χ1v) is 7.17. The number of benzene rings is 2. The van der Waals surface area contributed by atoms with Gasteiger partial charge in [-0.25, -0.2) is 0 Å². The van der Waals surface area contributed by atoms with Crippen molar-refractivity contribution >= 4 is 5.69 Å². The lowest BCUT2D eigenvalue weighted by atomic mass is 10.1. The summed E-state index contributed by atoms with van der Waals surface area (Å²) in [6.45, 7) is 3.01. The van der Waals surface area contributed by atoms with E-state index in [0.29, 0.717) is 6.61 Å². The molecule has 5 heteroatoms. The van der Waals surface area contributed by atoms with E-state index in [0.717, 1.165) is 25.2 Å². The SMILES string of the molecule is COCCN(Cc1ccccc1)Cc1ccc([N+](=O)[O-])cc1. The van der Waals surface area contributed by atoms with Crippen molar-refractivity contribution in [2.75, 3.05) is 20.3 Å². The number of ether oxygens (including phenoxy) is 1. The molecular formula is C17H20N2O3. The number of nitro benzene ring substituents is 1. The smallest absolute Gasteiger partial charge is 0.269 e. The van der Waals surface area contributed by atoms with Gasteiger partial charge in [-0.15, -0.1) is 0 Å². The number of hydrogen-bond acceptors (Lipinski definition) is 4. The Kier molecular flexibility index (Phi) is 6.06. The van der Waals surface area contributed by atoms with E-state index in [1.165, 1.54) is 5.56 Å². The molecule has 0 radical (unpaired) electrons. The van der Waals surface area contributed by atoms with Crippen LogP contribution in [0.15, 0.2) is 54.6 Å². The fourth-order valence-electron chi connectivity index (χ4n) is 2.26.